The second-order valence-electron chi connectivity index (χ2n) is 7.67. The normalized spacial score (nSPS) is 12.7. The summed E-state index contributed by atoms with van der Waals surface area (Å²) in [4.78, 5) is 4.44. The van der Waals surface area contributed by atoms with Gasteiger partial charge in [0, 0.05) is 6.20 Å². The third-order valence-corrected chi connectivity index (χ3v) is 4.58. The Bertz CT molecular complexity index is 879. The summed E-state index contributed by atoms with van der Waals surface area (Å²) in [5.41, 5.74) is 4.37. The van der Waals surface area contributed by atoms with Crippen molar-refractivity contribution in [2.24, 2.45) is 0 Å². The molecule has 1 unspecified atom stereocenters. The van der Waals surface area contributed by atoms with Crippen LogP contribution in [0.25, 0.3) is 0 Å². The molecule has 0 spiro atoms. The summed E-state index contributed by atoms with van der Waals surface area (Å²) < 4.78 is 13.8. The minimum atomic E-state index is -0.238. The van der Waals surface area contributed by atoms with Crippen LogP contribution in [0.4, 0.5) is 10.2 Å². The van der Waals surface area contributed by atoms with Crippen molar-refractivity contribution in [3.05, 3.63) is 94.9 Å². The Labute approximate surface area is 155 Å². The topological polar surface area (TPSA) is 24.9 Å². The van der Waals surface area contributed by atoms with E-state index in [2.05, 4.69) is 55.3 Å². The van der Waals surface area contributed by atoms with E-state index in [9.17, 15) is 4.39 Å². The Morgan fingerprint density at radius 3 is 2.27 bits per heavy atom. The van der Waals surface area contributed by atoms with Crippen molar-refractivity contribution in [1.82, 2.24) is 4.98 Å². The second-order valence-corrected chi connectivity index (χ2v) is 7.67. The number of hydrogen-bond donors (Lipinski definition) is 1. The van der Waals surface area contributed by atoms with Crippen molar-refractivity contribution >= 4 is 5.82 Å². The molecule has 0 bridgehead atoms. The predicted octanol–water partition coefficient (Wildman–Crippen LogP) is 6.03. The fraction of sp³-hybridized carbons (Fsp3) is 0.261. The largest absolute Gasteiger partial charge is 0.359 e. The molecular formula is C23H25FN2. The summed E-state index contributed by atoms with van der Waals surface area (Å²) in [6.45, 7) is 8.60. The third-order valence-electron chi connectivity index (χ3n) is 4.58. The molecule has 0 saturated heterocycles. The minimum absolute atomic E-state index is 0.0951. The van der Waals surface area contributed by atoms with Crippen LogP contribution in [-0.2, 0) is 5.41 Å². The van der Waals surface area contributed by atoms with Gasteiger partial charge >= 0.3 is 0 Å². The number of pyridine rings is 1. The highest BCUT2D eigenvalue weighted by Gasteiger charge is 2.18. The Balaban J connectivity index is 2.02. The summed E-state index contributed by atoms with van der Waals surface area (Å²) in [6.07, 6.45) is 1.76. The molecule has 2 aromatic carbocycles. The van der Waals surface area contributed by atoms with Crippen LogP contribution in [0.3, 0.4) is 0 Å². The molecule has 1 N–H and O–H groups in total. The van der Waals surface area contributed by atoms with Crippen molar-refractivity contribution in [2.45, 2.75) is 39.2 Å². The predicted molar refractivity (Wildman–Crippen MR) is 106 cm³/mol. The quantitative estimate of drug-likeness (QED) is 0.623. The monoisotopic (exact) mass is 348 g/mol. The van der Waals surface area contributed by atoms with Crippen LogP contribution >= 0.6 is 0 Å². The van der Waals surface area contributed by atoms with E-state index < -0.39 is 0 Å². The summed E-state index contributed by atoms with van der Waals surface area (Å²) in [5.74, 6) is 0.569. The van der Waals surface area contributed by atoms with Gasteiger partial charge in [-0.1, -0.05) is 63.2 Å². The van der Waals surface area contributed by atoms with E-state index in [1.54, 1.807) is 18.3 Å². The number of hydrogen-bond acceptors (Lipinski definition) is 2. The third kappa shape index (κ3) is 4.10. The zero-order valence-corrected chi connectivity index (χ0v) is 15.8. The number of anilines is 1. The van der Waals surface area contributed by atoms with Crippen LogP contribution in [0, 0.1) is 12.7 Å². The lowest BCUT2D eigenvalue weighted by molar-refractivity contribution is 0.590. The van der Waals surface area contributed by atoms with Crippen LogP contribution in [-0.4, -0.2) is 4.98 Å². The molecule has 26 heavy (non-hydrogen) atoms. The van der Waals surface area contributed by atoms with E-state index in [-0.39, 0.29) is 17.3 Å². The van der Waals surface area contributed by atoms with Crippen molar-refractivity contribution < 1.29 is 4.39 Å². The molecule has 3 aromatic rings. The molecule has 0 aliphatic heterocycles. The van der Waals surface area contributed by atoms with Crippen molar-refractivity contribution in [3.63, 3.8) is 0 Å². The molecule has 1 aromatic heterocycles. The van der Waals surface area contributed by atoms with Crippen LogP contribution in [0.5, 0.6) is 0 Å². The first-order valence-electron chi connectivity index (χ1n) is 8.88. The zero-order chi connectivity index (χ0) is 18.7. The van der Waals surface area contributed by atoms with Gasteiger partial charge in [-0.2, -0.15) is 0 Å². The maximum absolute atomic E-state index is 13.8. The average Bonchev–Trinajstić information content (AvgIpc) is 2.60. The van der Waals surface area contributed by atoms with Gasteiger partial charge in [0.1, 0.15) is 11.6 Å². The van der Waals surface area contributed by atoms with Crippen molar-refractivity contribution in [2.75, 3.05) is 5.32 Å². The number of halogens is 1. The number of nitrogens with zero attached hydrogens (tertiary/aromatic N) is 1. The molecule has 1 heterocycles. The molecule has 3 rings (SSSR count). The number of benzene rings is 2. The molecule has 134 valence electrons. The van der Waals surface area contributed by atoms with Crippen LogP contribution < -0.4 is 5.32 Å². The molecule has 0 aliphatic rings. The van der Waals surface area contributed by atoms with E-state index in [0.717, 1.165) is 22.5 Å². The molecule has 0 radical (unpaired) electrons. The van der Waals surface area contributed by atoms with Gasteiger partial charge in [-0.05, 0) is 52.8 Å². The maximum atomic E-state index is 13.8. The summed E-state index contributed by atoms with van der Waals surface area (Å²) >= 11 is 0. The van der Waals surface area contributed by atoms with Crippen LogP contribution in [0.1, 0.15) is 49.1 Å². The summed E-state index contributed by atoms with van der Waals surface area (Å²) in [5, 5.41) is 3.49. The van der Waals surface area contributed by atoms with Crippen LogP contribution in [0.2, 0.25) is 0 Å². The lowest BCUT2D eigenvalue weighted by atomic mass is 9.85. The van der Waals surface area contributed by atoms with Gasteiger partial charge in [-0.3, -0.25) is 0 Å². The Morgan fingerprint density at radius 1 is 0.923 bits per heavy atom. The van der Waals surface area contributed by atoms with Gasteiger partial charge in [0.15, 0.2) is 0 Å². The first-order chi connectivity index (χ1) is 12.3. The lowest BCUT2D eigenvalue weighted by Gasteiger charge is -2.24. The maximum Gasteiger partial charge on any atom is 0.129 e. The summed E-state index contributed by atoms with van der Waals surface area (Å²) in [6, 6.07) is 19.0. The average molecular weight is 348 g/mol. The van der Waals surface area contributed by atoms with Gasteiger partial charge in [-0.15, -0.1) is 0 Å². The molecule has 2 nitrogen and oxygen atoms in total. The SMILES string of the molecule is Cc1cccnc1NC(c1ccc(C(C)(C)C)cc1)c1cccc(F)c1. The second kappa shape index (κ2) is 7.28. The van der Waals surface area contributed by atoms with E-state index in [1.165, 1.54) is 11.6 Å². The first kappa shape index (κ1) is 18.1. The van der Waals surface area contributed by atoms with Crippen molar-refractivity contribution in [1.29, 1.82) is 0 Å². The standard InChI is InChI=1S/C23H25FN2/c1-16-7-6-14-25-22(16)26-21(18-8-5-9-20(24)15-18)17-10-12-19(13-11-17)23(2,3)4/h5-15,21H,1-4H3,(H,25,26). The zero-order valence-electron chi connectivity index (χ0n) is 15.8. The van der Waals surface area contributed by atoms with Gasteiger partial charge in [0.2, 0.25) is 0 Å². The number of rotatable bonds is 4. The van der Waals surface area contributed by atoms with Gasteiger partial charge in [-0.25, -0.2) is 9.37 Å². The highest BCUT2D eigenvalue weighted by atomic mass is 19.1. The highest BCUT2D eigenvalue weighted by molar-refractivity contribution is 5.49. The lowest BCUT2D eigenvalue weighted by Crippen LogP contribution is -2.15. The van der Waals surface area contributed by atoms with E-state index in [4.69, 9.17) is 0 Å². The fourth-order valence-corrected chi connectivity index (χ4v) is 2.99. The molecule has 0 saturated carbocycles. The van der Waals surface area contributed by atoms with Gasteiger partial charge in [0.25, 0.3) is 0 Å². The fourth-order valence-electron chi connectivity index (χ4n) is 2.99. The number of nitrogens with one attached hydrogen (secondary N) is 1. The molecule has 3 heteroatoms. The Kier molecular flexibility index (Phi) is 5.08. The number of aromatic nitrogens is 1. The molecule has 0 amide bonds. The molecule has 0 fully saturated rings. The van der Waals surface area contributed by atoms with E-state index in [1.807, 2.05) is 25.1 Å². The minimum Gasteiger partial charge on any atom is -0.359 e. The molecule has 1 atom stereocenters. The smallest absolute Gasteiger partial charge is 0.129 e. The van der Waals surface area contributed by atoms with E-state index in [0.29, 0.717) is 0 Å². The van der Waals surface area contributed by atoms with Gasteiger partial charge in [0.05, 0.1) is 6.04 Å². The Hall–Kier alpha value is -2.68. The number of aryl methyl sites for hydroxylation is 1. The van der Waals surface area contributed by atoms with E-state index >= 15 is 0 Å². The summed E-state index contributed by atoms with van der Waals surface area (Å²) in [7, 11) is 0. The van der Waals surface area contributed by atoms with Crippen molar-refractivity contribution in [3.8, 4) is 0 Å². The Morgan fingerprint density at radius 2 is 1.65 bits per heavy atom. The van der Waals surface area contributed by atoms with Crippen LogP contribution in [0.15, 0.2) is 66.9 Å². The molecule has 0 aliphatic carbocycles. The molecular weight excluding hydrogens is 323 g/mol. The highest BCUT2D eigenvalue weighted by Crippen LogP contribution is 2.30. The first-order valence-corrected chi connectivity index (χ1v) is 8.88. The van der Waals surface area contributed by atoms with Gasteiger partial charge < -0.3 is 5.32 Å².